The first-order valence-corrected chi connectivity index (χ1v) is 7.22. The lowest BCUT2D eigenvalue weighted by Crippen LogP contribution is -2.44. The molecule has 0 aromatic heterocycles. The summed E-state index contributed by atoms with van der Waals surface area (Å²) in [7, 11) is 2.08. The number of piperazine rings is 1. The van der Waals surface area contributed by atoms with Gasteiger partial charge in [0.15, 0.2) is 0 Å². The predicted molar refractivity (Wildman–Crippen MR) is 82.6 cm³/mol. The maximum atomic E-state index is 11.2. The zero-order valence-electron chi connectivity index (χ0n) is 12.8. The van der Waals surface area contributed by atoms with Gasteiger partial charge in [-0.15, -0.1) is 0 Å². The molecule has 1 fully saturated rings. The van der Waals surface area contributed by atoms with E-state index in [9.17, 15) is 10.1 Å². The molecule has 1 heterocycles. The number of nitriles is 1. The second-order valence-corrected chi connectivity index (χ2v) is 4.99. The quantitative estimate of drug-likeness (QED) is 0.671. The Morgan fingerprint density at radius 2 is 2.09 bits per heavy atom. The number of nitrogens with zero attached hydrogens (tertiary/aromatic N) is 3. The maximum absolute atomic E-state index is 11.2. The highest BCUT2D eigenvalue weighted by atomic mass is 16.8. The number of anilines is 2. The zero-order chi connectivity index (χ0) is 15.9. The largest absolute Gasteiger partial charge is 0.533 e. The van der Waals surface area contributed by atoms with Gasteiger partial charge in [0, 0.05) is 26.2 Å². The van der Waals surface area contributed by atoms with Gasteiger partial charge in [0.2, 0.25) is 0 Å². The first-order valence-electron chi connectivity index (χ1n) is 7.22. The number of rotatable bonds is 4. The lowest BCUT2D eigenvalue weighted by atomic mass is 10.1. The fraction of sp³-hybridized carbons (Fsp3) is 0.467. The van der Waals surface area contributed by atoms with E-state index < -0.39 is 6.16 Å². The molecule has 0 bridgehead atoms. The van der Waals surface area contributed by atoms with Crippen LogP contribution in [0.25, 0.3) is 0 Å². The highest BCUT2D eigenvalue weighted by Crippen LogP contribution is 2.27. The summed E-state index contributed by atoms with van der Waals surface area (Å²) in [5, 5.41) is 9.45. The predicted octanol–water partition coefficient (Wildman–Crippen LogP) is 1.81. The van der Waals surface area contributed by atoms with E-state index >= 15 is 0 Å². The molecule has 0 amide bonds. The Balaban J connectivity index is 2.13. The summed E-state index contributed by atoms with van der Waals surface area (Å²) in [6, 6.07) is 7.60. The van der Waals surface area contributed by atoms with Gasteiger partial charge in [0.25, 0.3) is 0 Å². The molecule has 7 nitrogen and oxygen atoms in total. The second-order valence-electron chi connectivity index (χ2n) is 4.99. The van der Waals surface area contributed by atoms with Crippen molar-refractivity contribution in [1.82, 2.24) is 4.90 Å². The van der Waals surface area contributed by atoms with Crippen LogP contribution in [0.1, 0.15) is 12.5 Å². The number of nitrogens with one attached hydrogen (secondary N) is 1. The number of benzene rings is 1. The van der Waals surface area contributed by atoms with E-state index in [0.717, 1.165) is 31.9 Å². The highest BCUT2D eigenvalue weighted by molar-refractivity contribution is 5.72. The minimum Gasteiger partial charge on any atom is -0.433 e. The molecule has 1 saturated heterocycles. The van der Waals surface area contributed by atoms with Gasteiger partial charge < -0.3 is 19.4 Å². The van der Waals surface area contributed by atoms with Crippen molar-refractivity contribution in [2.75, 3.05) is 50.2 Å². The zero-order valence-corrected chi connectivity index (χ0v) is 12.8. The average molecular weight is 304 g/mol. The smallest absolute Gasteiger partial charge is 0.433 e. The molecule has 1 aliphatic rings. The van der Waals surface area contributed by atoms with E-state index in [4.69, 9.17) is 4.84 Å². The first kappa shape index (κ1) is 15.9. The van der Waals surface area contributed by atoms with Gasteiger partial charge >= 0.3 is 6.16 Å². The monoisotopic (exact) mass is 304 g/mol. The van der Waals surface area contributed by atoms with Crippen LogP contribution in [0.3, 0.4) is 0 Å². The van der Waals surface area contributed by atoms with Gasteiger partial charge in [-0.2, -0.15) is 5.26 Å². The molecule has 0 spiro atoms. The Hall–Kier alpha value is -2.46. The van der Waals surface area contributed by atoms with Crippen LogP contribution in [-0.2, 0) is 9.57 Å². The van der Waals surface area contributed by atoms with Gasteiger partial charge in [-0.3, -0.25) is 0 Å². The molecule has 0 unspecified atom stereocenters. The van der Waals surface area contributed by atoms with Crippen molar-refractivity contribution in [1.29, 1.82) is 5.26 Å². The normalized spacial score (nSPS) is 15.0. The molecule has 1 N–H and O–H groups in total. The van der Waals surface area contributed by atoms with Crippen molar-refractivity contribution >= 4 is 17.5 Å². The third-order valence-corrected chi connectivity index (χ3v) is 3.50. The van der Waals surface area contributed by atoms with Crippen LogP contribution in [0.15, 0.2) is 18.2 Å². The topological polar surface area (TPSA) is 77.8 Å². The van der Waals surface area contributed by atoms with E-state index in [-0.39, 0.29) is 6.61 Å². The van der Waals surface area contributed by atoms with Crippen LogP contribution in [0.4, 0.5) is 16.2 Å². The Morgan fingerprint density at radius 1 is 1.36 bits per heavy atom. The Morgan fingerprint density at radius 3 is 2.73 bits per heavy atom. The fourth-order valence-corrected chi connectivity index (χ4v) is 2.30. The molecule has 22 heavy (non-hydrogen) atoms. The van der Waals surface area contributed by atoms with E-state index in [0.29, 0.717) is 11.3 Å². The molecule has 0 atom stereocenters. The summed E-state index contributed by atoms with van der Waals surface area (Å²) in [5.74, 6) is 0. The van der Waals surface area contributed by atoms with Crippen LogP contribution >= 0.6 is 0 Å². The highest BCUT2D eigenvalue weighted by Gasteiger charge is 2.19. The van der Waals surface area contributed by atoms with Crippen molar-refractivity contribution in [3.63, 3.8) is 0 Å². The van der Waals surface area contributed by atoms with Crippen molar-refractivity contribution in [3.8, 4) is 6.07 Å². The molecule has 1 aromatic rings. The third-order valence-electron chi connectivity index (χ3n) is 3.50. The molecule has 1 aliphatic heterocycles. The standard InChI is InChI=1S/C15H20N4O3/c1-3-21-15(20)22-17-13-5-4-6-14(12(13)11-16)19-9-7-18(2)8-10-19/h4-6,17H,3,7-10H2,1-2H3. The number of carbonyl (C=O) groups excluding carboxylic acids is 1. The molecular weight excluding hydrogens is 284 g/mol. The Kier molecular flexibility index (Phi) is 5.44. The Bertz CT molecular complexity index is 562. The number of ether oxygens (including phenoxy) is 1. The summed E-state index contributed by atoms with van der Waals surface area (Å²) in [6.45, 7) is 5.52. The van der Waals surface area contributed by atoms with Crippen LogP contribution < -0.4 is 10.4 Å². The van der Waals surface area contributed by atoms with Crippen molar-refractivity contribution in [2.24, 2.45) is 0 Å². The van der Waals surface area contributed by atoms with Crippen molar-refractivity contribution in [3.05, 3.63) is 23.8 Å². The second kappa shape index (κ2) is 7.52. The number of hydrogen-bond acceptors (Lipinski definition) is 7. The minimum absolute atomic E-state index is 0.229. The van der Waals surface area contributed by atoms with E-state index in [1.807, 2.05) is 12.1 Å². The van der Waals surface area contributed by atoms with Crippen LogP contribution in [0.5, 0.6) is 0 Å². The average Bonchev–Trinajstić information content (AvgIpc) is 2.53. The van der Waals surface area contributed by atoms with Crippen LogP contribution in [0.2, 0.25) is 0 Å². The molecule has 0 radical (unpaired) electrons. The maximum Gasteiger partial charge on any atom is 0.533 e. The first-order chi connectivity index (χ1) is 10.7. The number of likely N-dealkylation sites (N-methyl/N-ethyl adjacent to an activating group) is 1. The summed E-state index contributed by atoms with van der Waals surface area (Å²) in [6.07, 6.45) is -0.823. The SMILES string of the molecule is CCOC(=O)ONc1cccc(N2CCN(C)CC2)c1C#N. The van der Waals surface area contributed by atoms with E-state index in [1.165, 1.54) is 0 Å². The lowest BCUT2D eigenvalue weighted by molar-refractivity contribution is 0.0762. The minimum atomic E-state index is -0.823. The fourth-order valence-electron chi connectivity index (χ4n) is 2.30. The summed E-state index contributed by atoms with van der Waals surface area (Å²) in [5.41, 5.74) is 4.25. The van der Waals surface area contributed by atoms with E-state index in [2.05, 4.69) is 33.1 Å². The summed E-state index contributed by atoms with van der Waals surface area (Å²) in [4.78, 5) is 20.4. The van der Waals surface area contributed by atoms with E-state index in [1.54, 1.807) is 13.0 Å². The molecule has 118 valence electrons. The lowest BCUT2D eigenvalue weighted by Gasteiger charge is -2.34. The van der Waals surface area contributed by atoms with Crippen LogP contribution in [-0.4, -0.2) is 50.9 Å². The molecule has 1 aromatic carbocycles. The van der Waals surface area contributed by atoms with Crippen LogP contribution in [0, 0.1) is 11.3 Å². The molecule has 0 saturated carbocycles. The molecule has 2 rings (SSSR count). The number of hydrogen-bond donors (Lipinski definition) is 1. The Labute approximate surface area is 130 Å². The molecular formula is C15H20N4O3. The van der Waals surface area contributed by atoms with Gasteiger partial charge in [0.05, 0.1) is 18.0 Å². The van der Waals surface area contributed by atoms with Gasteiger partial charge in [-0.25, -0.2) is 10.3 Å². The van der Waals surface area contributed by atoms with Gasteiger partial charge in [0.1, 0.15) is 11.6 Å². The summed E-state index contributed by atoms with van der Waals surface area (Å²) < 4.78 is 4.67. The summed E-state index contributed by atoms with van der Waals surface area (Å²) >= 11 is 0. The molecule has 0 aliphatic carbocycles. The van der Waals surface area contributed by atoms with Crippen molar-refractivity contribution < 1.29 is 14.4 Å². The number of carbonyl (C=O) groups is 1. The third kappa shape index (κ3) is 3.80. The van der Waals surface area contributed by atoms with Crippen molar-refractivity contribution in [2.45, 2.75) is 6.92 Å². The van der Waals surface area contributed by atoms with Gasteiger partial charge in [-0.1, -0.05) is 6.07 Å². The van der Waals surface area contributed by atoms with Gasteiger partial charge in [-0.05, 0) is 26.1 Å². The molecule has 7 heteroatoms.